The van der Waals surface area contributed by atoms with Crippen LogP contribution in [0.25, 0.3) is 0 Å². The fourth-order valence-electron chi connectivity index (χ4n) is 2.86. The molecule has 1 atom stereocenters. The van der Waals surface area contributed by atoms with Crippen LogP contribution in [-0.4, -0.2) is 30.4 Å². The Labute approximate surface area is 165 Å². The van der Waals surface area contributed by atoms with Crippen LogP contribution in [-0.2, 0) is 16.1 Å². The van der Waals surface area contributed by atoms with Gasteiger partial charge in [-0.2, -0.15) is 0 Å². The molecule has 2 rings (SSSR count). The Morgan fingerprint density at radius 2 is 1.74 bits per heavy atom. The van der Waals surface area contributed by atoms with Gasteiger partial charge in [-0.05, 0) is 41.8 Å². The summed E-state index contributed by atoms with van der Waals surface area (Å²) in [6, 6.07) is 13.8. The van der Waals surface area contributed by atoms with Crippen molar-refractivity contribution >= 4 is 23.4 Å². The number of amides is 2. The number of ether oxygens (including phenoxy) is 1. The van der Waals surface area contributed by atoms with E-state index in [9.17, 15) is 9.59 Å². The van der Waals surface area contributed by atoms with Crippen LogP contribution in [0, 0.1) is 0 Å². The van der Waals surface area contributed by atoms with Crippen molar-refractivity contribution in [2.75, 3.05) is 13.7 Å². The molecule has 0 aliphatic rings. The van der Waals surface area contributed by atoms with Crippen LogP contribution in [0.15, 0.2) is 48.5 Å². The van der Waals surface area contributed by atoms with Gasteiger partial charge in [0.2, 0.25) is 11.8 Å². The quantitative estimate of drug-likeness (QED) is 0.744. The third-order valence-electron chi connectivity index (χ3n) is 4.24. The Kier molecular flexibility index (Phi) is 7.67. The summed E-state index contributed by atoms with van der Waals surface area (Å²) in [4.78, 5) is 26.8. The van der Waals surface area contributed by atoms with Gasteiger partial charge in [0.05, 0.1) is 7.11 Å². The van der Waals surface area contributed by atoms with Gasteiger partial charge in [-0.3, -0.25) is 9.59 Å². The van der Waals surface area contributed by atoms with Gasteiger partial charge < -0.3 is 15.0 Å². The molecule has 0 radical (unpaired) electrons. The Balaban J connectivity index is 2.24. The van der Waals surface area contributed by atoms with Crippen LogP contribution < -0.4 is 10.1 Å². The highest BCUT2D eigenvalue weighted by Crippen LogP contribution is 2.24. The van der Waals surface area contributed by atoms with Gasteiger partial charge in [0.25, 0.3) is 0 Å². The summed E-state index contributed by atoms with van der Waals surface area (Å²) in [5.74, 6) is 0.335. The smallest absolute Gasteiger partial charge is 0.247 e. The van der Waals surface area contributed by atoms with E-state index in [0.717, 1.165) is 17.5 Å². The molecule has 1 N–H and O–H groups in total. The number of nitrogens with zero attached hydrogens (tertiary/aromatic N) is 1. The largest absolute Gasteiger partial charge is 0.497 e. The van der Waals surface area contributed by atoms with Crippen molar-refractivity contribution < 1.29 is 14.3 Å². The lowest BCUT2D eigenvalue weighted by Gasteiger charge is -2.30. The number of nitrogens with one attached hydrogen (secondary N) is 1. The molecule has 0 bridgehead atoms. The first-order chi connectivity index (χ1) is 13.0. The maximum atomic E-state index is 13.0. The SMILES string of the molecule is CCCN(C(C)=O)C(C(=O)NCc1ccc(Cl)cc1)c1ccc(OC)cc1. The average Bonchev–Trinajstić information content (AvgIpc) is 2.67. The zero-order chi connectivity index (χ0) is 19.8. The first-order valence-electron chi connectivity index (χ1n) is 8.89. The van der Waals surface area contributed by atoms with E-state index in [-0.39, 0.29) is 11.8 Å². The Hall–Kier alpha value is -2.53. The lowest BCUT2D eigenvalue weighted by molar-refractivity contribution is -0.139. The van der Waals surface area contributed by atoms with E-state index in [0.29, 0.717) is 23.9 Å². The second kappa shape index (κ2) is 9.97. The number of rotatable bonds is 8. The fraction of sp³-hybridized carbons (Fsp3) is 0.333. The minimum absolute atomic E-state index is 0.140. The number of halogens is 1. The van der Waals surface area contributed by atoms with E-state index in [1.165, 1.54) is 6.92 Å². The molecule has 2 aromatic carbocycles. The van der Waals surface area contributed by atoms with Crippen molar-refractivity contribution in [3.63, 3.8) is 0 Å². The predicted octanol–water partition coefficient (Wildman–Crippen LogP) is 3.96. The first-order valence-corrected chi connectivity index (χ1v) is 9.27. The highest BCUT2D eigenvalue weighted by molar-refractivity contribution is 6.30. The zero-order valence-electron chi connectivity index (χ0n) is 15.9. The van der Waals surface area contributed by atoms with E-state index >= 15 is 0 Å². The van der Waals surface area contributed by atoms with Gasteiger partial charge in [-0.25, -0.2) is 0 Å². The Bertz CT molecular complexity index is 760. The van der Waals surface area contributed by atoms with E-state index in [2.05, 4.69) is 5.32 Å². The number of carbonyl (C=O) groups excluding carboxylic acids is 2. The molecule has 0 saturated carbocycles. The molecular formula is C21H25ClN2O3. The first kappa shape index (κ1) is 20.8. The van der Waals surface area contributed by atoms with Crippen molar-refractivity contribution in [2.24, 2.45) is 0 Å². The van der Waals surface area contributed by atoms with Gasteiger partial charge in [-0.15, -0.1) is 0 Å². The van der Waals surface area contributed by atoms with Crippen LogP contribution in [0.5, 0.6) is 5.75 Å². The number of benzene rings is 2. The van der Waals surface area contributed by atoms with Crippen molar-refractivity contribution in [2.45, 2.75) is 32.9 Å². The minimum atomic E-state index is -0.694. The second-order valence-corrected chi connectivity index (χ2v) is 6.67. The van der Waals surface area contributed by atoms with Crippen molar-refractivity contribution in [1.29, 1.82) is 0 Å². The van der Waals surface area contributed by atoms with Crippen LogP contribution >= 0.6 is 11.6 Å². The van der Waals surface area contributed by atoms with Crippen LogP contribution in [0.3, 0.4) is 0 Å². The molecule has 144 valence electrons. The number of carbonyl (C=O) groups is 2. The van der Waals surface area contributed by atoms with Crippen molar-refractivity contribution in [3.8, 4) is 5.75 Å². The number of methoxy groups -OCH3 is 1. The van der Waals surface area contributed by atoms with Gasteiger partial charge in [0.15, 0.2) is 0 Å². The maximum absolute atomic E-state index is 13.0. The number of hydrogen-bond donors (Lipinski definition) is 1. The standard InChI is InChI=1S/C21H25ClN2O3/c1-4-13-24(15(2)25)20(17-7-11-19(27-3)12-8-17)21(26)23-14-16-5-9-18(22)10-6-16/h5-12,20H,4,13-14H2,1-3H3,(H,23,26). The van der Waals surface area contributed by atoms with E-state index in [1.807, 2.05) is 31.2 Å². The fourth-order valence-corrected chi connectivity index (χ4v) is 2.98. The summed E-state index contributed by atoms with van der Waals surface area (Å²) in [6.07, 6.45) is 0.761. The molecule has 27 heavy (non-hydrogen) atoms. The summed E-state index contributed by atoms with van der Waals surface area (Å²) in [7, 11) is 1.59. The predicted molar refractivity (Wildman–Crippen MR) is 107 cm³/mol. The molecule has 1 unspecified atom stereocenters. The molecule has 0 heterocycles. The monoisotopic (exact) mass is 388 g/mol. The molecule has 0 saturated heterocycles. The Morgan fingerprint density at radius 1 is 1.11 bits per heavy atom. The summed E-state index contributed by atoms with van der Waals surface area (Å²) in [6.45, 7) is 4.33. The van der Waals surface area contributed by atoms with E-state index in [4.69, 9.17) is 16.3 Å². The molecule has 0 aliphatic heterocycles. The lowest BCUT2D eigenvalue weighted by atomic mass is 10.0. The van der Waals surface area contributed by atoms with Gasteiger partial charge >= 0.3 is 0 Å². The Morgan fingerprint density at radius 3 is 2.26 bits per heavy atom. The van der Waals surface area contributed by atoms with Gasteiger partial charge in [0, 0.05) is 25.0 Å². The van der Waals surface area contributed by atoms with Crippen LogP contribution in [0.4, 0.5) is 0 Å². The summed E-state index contributed by atoms with van der Waals surface area (Å²) in [5, 5.41) is 3.58. The zero-order valence-corrected chi connectivity index (χ0v) is 16.6. The topological polar surface area (TPSA) is 58.6 Å². The normalized spacial score (nSPS) is 11.6. The molecule has 5 nitrogen and oxygen atoms in total. The average molecular weight is 389 g/mol. The highest BCUT2D eigenvalue weighted by atomic mass is 35.5. The molecule has 0 spiro atoms. The van der Waals surface area contributed by atoms with Crippen LogP contribution in [0.2, 0.25) is 5.02 Å². The summed E-state index contributed by atoms with van der Waals surface area (Å²) in [5.41, 5.74) is 1.68. The minimum Gasteiger partial charge on any atom is -0.497 e. The third-order valence-corrected chi connectivity index (χ3v) is 4.49. The molecular weight excluding hydrogens is 364 g/mol. The van der Waals surface area contributed by atoms with E-state index in [1.54, 1.807) is 36.3 Å². The number of hydrogen-bond acceptors (Lipinski definition) is 3. The highest BCUT2D eigenvalue weighted by Gasteiger charge is 2.29. The lowest BCUT2D eigenvalue weighted by Crippen LogP contribution is -2.43. The van der Waals surface area contributed by atoms with Crippen molar-refractivity contribution in [1.82, 2.24) is 10.2 Å². The van der Waals surface area contributed by atoms with Gasteiger partial charge in [-0.1, -0.05) is 42.8 Å². The summed E-state index contributed by atoms with van der Waals surface area (Å²) < 4.78 is 5.19. The van der Waals surface area contributed by atoms with Crippen molar-refractivity contribution in [3.05, 3.63) is 64.7 Å². The molecule has 0 aliphatic carbocycles. The van der Waals surface area contributed by atoms with Gasteiger partial charge in [0.1, 0.15) is 11.8 Å². The summed E-state index contributed by atoms with van der Waals surface area (Å²) >= 11 is 5.90. The molecule has 2 amide bonds. The maximum Gasteiger partial charge on any atom is 0.247 e. The molecule has 6 heteroatoms. The van der Waals surface area contributed by atoms with Crippen LogP contribution in [0.1, 0.15) is 37.4 Å². The molecule has 0 aromatic heterocycles. The second-order valence-electron chi connectivity index (χ2n) is 6.23. The molecule has 0 fully saturated rings. The van der Waals surface area contributed by atoms with E-state index < -0.39 is 6.04 Å². The molecule has 2 aromatic rings. The third kappa shape index (κ3) is 5.73.